The van der Waals surface area contributed by atoms with Gasteiger partial charge in [0.15, 0.2) is 0 Å². The molecule has 22 heavy (non-hydrogen) atoms. The van der Waals surface area contributed by atoms with Crippen LogP contribution in [0.25, 0.3) is 0 Å². The van der Waals surface area contributed by atoms with Crippen LogP contribution >= 0.6 is 0 Å². The van der Waals surface area contributed by atoms with Gasteiger partial charge in [0.2, 0.25) is 11.8 Å². The van der Waals surface area contributed by atoms with Crippen LogP contribution < -0.4 is 5.32 Å². The van der Waals surface area contributed by atoms with E-state index in [0.717, 1.165) is 18.4 Å². The molecule has 1 saturated carbocycles. The number of rotatable bonds is 5. The summed E-state index contributed by atoms with van der Waals surface area (Å²) in [6.07, 6.45) is 2.80. The largest absolute Gasteiger partial charge is 0.342 e. The van der Waals surface area contributed by atoms with Crippen molar-refractivity contribution in [3.63, 3.8) is 0 Å². The predicted molar refractivity (Wildman–Crippen MR) is 84.9 cm³/mol. The minimum absolute atomic E-state index is 0.0149. The van der Waals surface area contributed by atoms with Crippen molar-refractivity contribution in [3.05, 3.63) is 35.9 Å². The van der Waals surface area contributed by atoms with Gasteiger partial charge in [-0.3, -0.25) is 9.59 Å². The summed E-state index contributed by atoms with van der Waals surface area (Å²) in [5.74, 6) is 0.826. The zero-order chi connectivity index (χ0) is 15.7. The van der Waals surface area contributed by atoms with Crippen LogP contribution in [0.3, 0.4) is 0 Å². The van der Waals surface area contributed by atoms with Gasteiger partial charge in [-0.2, -0.15) is 0 Å². The minimum Gasteiger partial charge on any atom is -0.342 e. The number of hydrogen-bond donors (Lipinski definition) is 1. The van der Waals surface area contributed by atoms with E-state index in [-0.39, 0.29) is 23.9 Å². The molecule has 118 valence electrons. The molecule has 1 aliphatic heterocycles. The molecule has 0 spiro atoms. The van der Waals surface area contributed by atoms with Gasteiger partial charge in [-0.25, -0.2) is 0 Å². The first-order chi connectivity index (χ1) is 10.6. The van der Waals surface area contributed by atoms with E-state index < -0.39 is 0 Å². The van der Waals surface area contributed by atoms with E-state index in [9.17, 15) is 9.59 Å². The second-order valence-electron chi connectivity index (χ2n) is 6.92. The van der Waals surface area contributed by atoms with Crippen LogP contribution in [-0.4, -0.2) is 28.8 Å². The number of hydrogen-bond acceptors (Lipinski definition) is 2. The maximum Gasteiger partial charge on any atom is 0.246 e. The summed E-state index contributed by atoms with van der Waals surface area (Å²) < 4.78 is 0. The maximum absolute atomic E-state index is 12.9. The predicted octanol–water partition coefficient (Wildman–Crippen LogP) is 2.34. The monoisotopic (exact) mass is 300 g/mol. The lowest BCUT2D eigenvalue weighted by Gasteiger charge is -2.40. The molecular formula is C18H24N2O2. The van der Waals surface area contributed by atoms with Gasteiger partial charge in [0.25, 0.3) is 0 Å². The number of piperazine rings is 1. The van der Waals surface area contributed by atoms with Gasteiger partial charge in [-0.05, 0) is 36.7 Å². The molecule has 1 aromatic rings. The molecule has 2 unspecified atom stereocenters. The lowest BCUT2D eigenvalue weighted by Crippen LogP contribution is -2.63. The highest BCUT2D eigenvalue weighted by Crippen LogP contribution is 2.36. The molecule has 2 fully saturated rings. The minimum atomic E-state index is -0.345. The maximum atomic E-state index is 12.9. The van der Waals surface area contributed by atoms with Crippen LogP contribution in [0.15, 0.2) is 30.3 Å². The zero-order valence-electron chi connectivity index (χ0n) is 13.3. The van der Waals surface area contributed by atoms with Gasteiger partial charge in [0.1, 0.15) is 12.1 Å². The third kappa shape index (κ3) is 3.16. The number of carbonyl (C=O) groups excluding carboxylic acids is 2. The smallest absolute Gasteiger partial charge is 0.246 e. The molecule has 0 bridgehead atoms. The molecule has 4 heteroatoms. The standard InChI is InChI=1S/C18H24N2O2/c1-12(2)10-15-17(21)19-16(14-8-9-14)18(22)20(15)11-13-6-4-3-5-7-13/h3-7,12,14-16H,8-11H2,1-2H3,(H,19,21). The number of carbonyl (C=O) groups is 2. The summed E-state index contributed by atoms with van der Waals surface area (Å²) in [6.45, 7) is 4.70. The Morgan fingerprint density at radius 2 is 1.86 bits per heavy atom. The summed E-state index contributed by atoms with van der Waals surface area (Å²) in [6, 6.07) is 9.28. The Kier molecular flexibility index (Phi) is 4.19. The first-order valence-corrected chi connectivity index (χ1v) is 8.21. The van der Waals surface area contributed by atoms with E-state index in [2.05, 4.69) is 19.2 Å². The van der Waals surface area contributed by atoms with E-state index in [1.54, 1.807) is 4.90 Å². The molecule has 2 amide bonds. The molecule has 1 heterocycles. The van der Waals surface area contributed by atoms with Crippen LogP contribution in [0.4, 0.5) is 0 Å². The van der Waals surface area contributed by atoms with Gasteiger partial charge in [-0.15, -0.1) is 0 Å². The van der Waals surface area contributed by atoms with Crippen molar-refractivity contribution < 1.29 is 9.59 Å². The van der Waals surface area contributed by atoms with Gasteiger partial charge in [0, 0.05) is 6.54 Å². The second kappa shape index (κ2) is 6.11. The first kappa shape index (κ1) is 15.1. The van der Waals surface area contributed by atoms with Crippen molar-refractivity contribution in [1.82, 2.24) is 10.2 Å². The van der Waals surface area contributed by atoms with E-state index in [1.165, 1.54) is 0 Å². The number of nitrogens with one attached hydrogen (secondary N) is 1. The first-order valence-electron chi connectivity index (χ1n) is 8.21. The number of benzene rings is 1. The third-order valence-electron chi connectivity index (χ3n) is 4.51. The Bertz CT molecular complexity index is 551. The SMILES string of the molecule is CC(C)CC1C(=O)NC(C2CC2)C(=O)N1Cc1ccccc1. The normalized spacial score (nSPS) is 25.5. The Balaban J connectivity index is 1.83. The molecule has 1 saturated heterocycles. The molecule has 4 nitrogen and oxygen atoms in total. The van der Waals surface area contributed by atoms with Gasteiger partial charge >= 0.3 is 0 Å². The van der Waals surface area contributed by atoms with Crippen molar-refractivity contribution in [2.24, 2.45) is 11.8 Å². The fourth-order valence-corrected chi connectivity index (χ4v) is 3.18. The topological polar surface area (TPSA) is 49.4 Å². The van der Waals surface area contributed by atoms with Crippen LogP contribution in [0.5, 0.6) is 0 Å². The fourth-order valence-electron chi connectivity index (χ4n) is 3.18. The third-order valence-corrected chi connectivity index (χ3v) is 4.51. The highest BCUT2D eigenvalue weighted by Gasteiger charge is 2.46. The molecule has 0 aromatic heterocycles. The summed E-state index contributed by atoms with van der Waals surface area (Å²) in [5.41, 5.74) is 1.08. The van der Waals surface area contributed by atoms with E-state index in [1.807, 2.05) is 30.3 Å². The average Bonchev–Trinajstić information content (AvgIpc) is 3.31. The van der Waals surface area contributed by atoms with Gasteiger partial charge < -0.3 is 10.2 Å². The summed E-state index contributed by atoms with van der Waals surface area (Å²) >= 11 is 0. The molecule has 1 aromatic carbocycles. The quantitative estimate of drug-likeness (QED) is 0.907. The average molecular weight is 300 g/mol. The molecule has 3 rings (SSSR count). The van der Waals surface area contributed by atoms with Gasteiger partial charge in [0.05, 0.1) is 0 Å². The van der Waals surface area contributed by atoms with E-state index in [4.69, 9.17) is 0 Å². The Morgan fingerprint density at radius 1 is 1.18 bits per heavy atom. The van der Waals surface area contributed by atoms with Crippen LogP contribution in [-0.2, 0) is 16.1 Å². The summed E-state index contributed by atoms with van der Waals surface area (Å²) in [5, 5.41) is 2.97. The van der Waals surface area contributed by atoms with Crippen molar-refractivity contribution in [2.45, 2.75) is 51.7 Å². The Hall–Kier alpha value is -1.84. The molecule has 1 N–H and O–H groups in total. The summed E-state index contributed by atoms with van der Waals surface area (Å²) in [4.78, 5) is 27.2. The highest BCUT2D eigenvalue weighted by molar-refractivity contribution is 5.97. The highest BCUT2D eigenvalue weighted by atomic mass is 16.2. The van der Waals surface area contributed by atoms with Crippen molar-refractivity contribution in [3.8, 4) is 0 Å². The van der Waals surface area contributed by atoms with Gasteiger partial charge in [-0.1, -0.05) is 44.2 Å². The Morgan fingerprint density at radius 3 is 2.45 bits per heavy atom. The molecular weight excluding hydrogens is 276 g/mol. The number of amides is 2. The fraction of sp³-hybridized carbons (Fsp3) is 0.556. The lowest BCUT2D eigenvalue weighted by atomic mass is 9.96. The van der Waals surface area contributed by atoms with Crippen LogP contribution in [0.2, 0.25) is 0 Å². The molecule has 2 aliphatic rings. The molecule has 1 aliphatic carbocycles. The Labute approximate surface area is 131 Å². The second-order valence-corrected chi connectivity index (χ2v) is 6.92. The van der Waals surface area contributed by atoms with E-state index in [0.29, 0.717) is 24.8 Å². The lowest BCUT2D eigenvalue weighted by molar-refractivity contribution is -0.151. The zero-order valence-corrected chi connectivity index (χ0v) is 13.3. The van der Waals surface area contributed by atoms with Crippen molar-refractivity contribution in [1.29, 1.82) is 0 Å². The van der Waals surface area contributed by atoms with Crippen molar-refractivity contribution >= 4 is 11.8 Å². The number of nitrogens with zero attached hydrogens (tertiary/aromatic N) is 1. The van der Waals surface area contributed by atoms with Crippen LogP contribution in [0, 0.1) is 11.8 Å². The van der Waals surface area contributed by atoms with Crippen LogP contribution in [0.1, 0.15) is 38.7 Å². The molecule has 2 atom stereocenters. The molecule has 0 radical (unpaired) electrons. The van der Waals surface area contributed by atoms with E-state index >= 15 is 0 Å². The van der Waals surface area contributed by atoms with Crippen molar-refractivity contribution in [2.75, 3.05) is 0 Å². The summed E-state index contributed by atoms with van der Waals surface area (Å²) in [7, 11) is 0.